The number of fused-ring (bicyclic) bond motifs is 1. The second kappa shape index (κ2) is 7.01. The minimum Gasteiger partial charge on any atom is -0.338 e. The maximum absolute atomic E-state index is 14.1. The molecule has 0 aliphatic heterocycles. The quantitative estimate of drug-likeness (QED) is 0.562. The molecule has 2 nitrogen and oxygen atoms in total. The zero-order valence-corrected chi connectivity index (χ0v) is 14.7. The van der Waals surface area contributed by atoms with Gasteiger partial charge in [-0.3, -0.25) is 0 Å². The second-order valence-corrected chi connectivity index (χ2v) is 7.12. The summed E-state index contributed by atoms with van der Waals surface area (Å²) in [6.07, 6.45) is 10.9. The van der Waals surface area contributed by atoms with E-state index in [-0.39, 0.29) is 5.82 Å². The molecule has 0 unspecified atom stereocenters. The van der Waals surface area contributed by atoms with Crippen LogP contribution >= 0.6 is 11.6 Å². The Bertz CT molecular complexity index is 903. The van der Waals surface area contributed by atoms with Crippen LogP contribution in [0.5, 0.6) is 0 Å². The van der Waals surface area contributed by atoms with Crippen LogP contribution in [0.15, 0.2) is 42.5 Å². The fourth-order valence-corrected chi connectivity index (χ4v) is 3.86. The SMILES string of the molecule is Fc1cccc(Cl)c1-c1ccc2[nH]c(/C=C/C3CCCCC3)nc2c1. The number of H-pyrrole nitrogens is 1. The van der Waals surface area contributed by atoms with Gasteiger partial charge in [0.05, 0.1) is 16.1 Å². The molecule has 1 N–H and O–H groups in total. The molecule has 1 aliphatic carbocycles. The van der Waals surface area contributed by atoms with Gasteiger partial charge in [0, 0.05) is 5.56 Å². The summed E-state index contributed by atoms with van der Waals surface area (Å²) in [7, 11) is 0. The number of aromatic amines is 1. The van der Waals surface area contributed by atoms with E-state index in [4.69, 9.17) is 11.6 Å². The van der Waals surface area contributed by atoms with E-state index < -0.39 is 0 Å². The summed E-state index contributed by atoms with van der Waals surface area (Å²) in [6, 6.07) is 10.4. The van der Waals surface area contributed by atoms with E-state index >= 15 is 0 Å². The largest absolute Gasteiger partial charge is 0.338 e. The van der Waals surface area contributed by atoms with Crippen molar-refractivity contribution in [3.05, 3.63) is 59.1 Å². The maximum atomic E-state index is 14.1. The van der Waals surface area contributed by atoms with Gasteiger partial charge in [0.2, 0.25) is 0 Å². The summed E-state index contributed by atoms with van der Waals surface area (Å²) in [6.45, 7) is 0. The number of nitrogens with one attached hydrogen (secondary N) is 1. The number of allylic oxidation sites excluding steroid dienone is 1. The highest BCUT2D eigenvalue weighted by Gasteiger charge is 2.12. The second-order valence-electron chi connectivity index (χ2n) is 6.71. The monoisotopic (exact) mass is 354 g/mol. The molecule has 0 bridgehead atoms. The third-order valence-electron chi connectivity index (χ3n) is 4.93. The van der Waals surface area contributed by atoms with Crippen molar-refractivity contribution >= 4 is 28.7 Å². The zero-order valence-electron chi connectivity index (χ0n) is 13.9. The Morgan fingerprint density at radius 1 is 1.12 bits per heavy atom. The average molecular weight is 355 g/mol. The minimum atomic E-state index is -0.320. The third kappa shape index (κ3) is 3.47. The molecule has 1 aromatic heterocycles. The van der Waals surface area contributed by atoms with E-state index in [1.165, 1.54) is 38.2 Å². The van der Waals surface area contributed by atoms with Gasteiger partial charge in [-0.1, -0.05) is 49.1 Å². The van der Waals surface area contributed by atoms with Crippen LogP contribution in [-0.2, 0) is 0 Å². The molecule has 3 aromatic rings. The number of imidazole rings is 1. The van der Waals surface area contributed by atoms with Gasteiger partial charge in [-0.15, -0.1) is 0 Å². The number of hydrogen-bond donors (Lipinski definition) is 1. The topological polar surface area (TPSA) is 28.7 Å². The number of rotatable bonds is 3. The van der Waals surface area contributed by atoms with Gasteiger partial charge >= 0.3 is 0 Å². The summed E-state index contributed by atoms with van der Waals surface area (Å²) in [4.78, 5) is 7.95. The van der Waals surface area contributed by atoms with E-state index in [2.05, 4.69) is 22.1 Å². The molecule has 25 heavy (non-hydrogen) atoms. The predicted molar refractivity (Wildman–Crippen MR) is 102 cm³/mol. The molecule has 1 saturated carbocycles. The lowest BCUT2D eigenvalue weighted by Gasteiger charge is -2.17. The van der Waals surface area contributed by atoms with Crippen molar-refractivity contribution in [3.63, 3.8) is 0 Å². The molecule has 4 heteroatoms. The molecular weight excluding hydrogens is 335 g/mol. The van der Waals surface area contributed by atoms with E-state index in [1.807, 2.05) is 18.2 Å². The Labute approximate surface area is 151 Å². The smallest absolute Gasteiger partial charge is 0.132 e. The highest BCUT2D eigenvalue weighted by molar-refractivity contribution is 6.33. The van der Waals surface area contributed by atoms with E-state index in [0.29, 0.717) is 16.5 Å². The van der Waals surface area contributed by atoms with E-state index in [1.54, 1.807) is 12.1 Å². The lowest BCUT2D eigenvalue weighted by Crippen LogP contribution is -2.02. The summed E-state index contributed by atoms with van der Waals surface area (Å²) in [5.74, 6) is 1.19. The first-order chi connectivity index (χ1) is 12.2. The van der Waals surface area contributed by atoms with Crippen molar-refractivity contribution < 1.29 is 4.39 Å². The maximum Gasteiger partial charge on any atom is 0.132 e. The zero-order chi connectivity index (χ0) is 17.2. The Kier molecular flexibility index (Phi) is 4.58. The standard InChI is InChI=1S/C21H20ClFN2/c22-16-7-4-8-17(23)21(16)15-10-11-18-19(13-15)25-20(24-18)12-9-14-5-2-1-3-6-14/h4,7-14H,1-3,5-6H2,(H,24,25)/b12-9+. The lowest BCUT2D eigenvalue weighted by atomic mass is 9.89. The molecule has 128 valence electrons. The highest BCUT2D eigenvalue weighted by Crippen LogP contribution is 2.32. The van der Waals surface area contributed by atoms with Crippen LogP contribution in [-0.4, -0.2) is 9.97 Å². The Hall–Kier alpha value is -2.13. The van der Waals surface area contributed by atoms with Crippen LogP contribution in [0.2, 0.25) is 5.02 Å². The molecule has 1 heterocycles. The van der Waals surface area contributed by atoms with E-state index in [0.717, 1.165) is 22.4 Å². The normalized spacial score (nSPS) is 16.1. The predicted octanol–water partition coefficient (Wildman–Crippen LogP) is 6.62. The number of nitrogens with zero attached hydrogens (tertiary/aromatic N) is 1. The van der Waals surface area contributed by atoms with Gasteiger partial charge in [0.1, 0.15) is 11.6 Å². The van der Waals surface area contributed by atoms with Crippen LogP contribution in [0.4, 0.5) is 4.39 Å². The molecular formula is C21H20ClFN2. The molecule has 0 spiro atoms. The molecule has 4 rings (SSSR count). The van der Waals surface area contributed by atoms with Gasteiger partial charge in [0.25, 0.3) is 0 Å². The fourth-order valence-electron chi connectivity index (χ4n) is 3.59. The number of aromatic nitrogens is 2. The van der Waals surface area contributed by atoms with Crippen molar-refractivity contribution in [2.75, 3.05) is 0 Å². The molecule has 0 radical (unpaired) electrons. The van der Waals surface area contributed by atoms with Gasteiger partial charge < -0.3 is 4.98 Å². The van der Waals surface area contributed by atoms with Gasteiger partial charge in [-0.25, -0.2) is 9.37 Å². The first kappa shape index (κ1) is 16.3. The van der Waals surface area contributed by atoms with Crippen molar-refractivity contribution in [2.24, 2.45) is 5.92 Å². The van der Waals surface area contributed by atoms with Crippen LogP contribution in [0.25, 0.3) is 28.2 Å². The third-order valence-corrected chi connectivity index (χ3v) is 5.24. The number of halogens is 2. The Morgan fingerprint density at radius 3 is 2.76 bits per heavy atom. The summed E-state index contributed by atoms with van der Waals surface area (Å²) >= 11 is 6.18. The Balaban J connectivity index is 1.64. The van der Waals surface area contributed by atoms with Crippen molar-refractivity contribution in [3.8, 4) is 11.1 Å². The van der Waals surface area contributed by atoms with E-state index in [9.17, 15) is 4.39 Å². The molecule has 0 saturated heterocycles. The van der Waals surface area contributed by atoms with Crippen LogP contribution < -0.4 is 0 Å². The number of benzene rings is 2. The first-order valence-corrected chi connectivity index (χ1v) is 9.21. The van der Waals surface area contributed by atoms with Crippen molar-refractivity contribution in [2.45, 2.75) is 32.1 Å². The summed E-state index contributed by atoms with van der Waals surface area (Å²) < 4.78 is 14.1. The lowest BCUT2D eigenvalue weighted by molar-refractivity contribution is 0.420. The van der Waals surface area contributed by atoms with Gasteiger partial charge in [0.15, 0.2) is 0 Å². The molecule has 0 atom stereocenters. The number of hydrogen-bond acceptors (Lipinski definition) is 1. The molecule has 1 fully saturated rings. The fraction of sp³-hybridized carbons (Fsp3) is 0.286. The van der Waals surface area contributed by atoms with Gasteiger partial charge in [-0.05, 0) is 54.7 Å². The van der Waals surface area contributed by atoms with Crippen molar-refractivity contribution in [1.82, 2.24) is 9.97 Å². The summed E-state index contributed by atoms with van der Waals surface area (Å²) in [5.41, 5.74) is 2.93. The molecule has 1 aliphatic rings. The molecule has 2 aromatic carbocycles. The first-order valence-electron chi connectivity index (χ1n) is 8.83. The van der Waals surface area contributed by atoms with Crippen molar-refractivity contribution in [1.29, 1.82) is 0 Å². The Morgan fingerprint density at radius 2 is 1.96 bits per heavy atom. The van der Waals surface area contributed by atoms with Crippen LogP contribution in [0, 0.1) is 11.7 Å². The highest BCUT2D eigenvalue weighted by atomic mass is 35.5. The van der Waals surface area contributed by atoms with Gasteiger partial charge in [-0.2, -0.15) is 0 Å². The van der Waals surface area contributed by atoms with Crippen LogP contribution in [0.3, 0.4) is 0 Å². The summed E-state index contributed by atoms with van der Waals surface area (Å²) in [5, 5.41) is 0.410. The van der Waals surface area contributed by atoms with Crippen LogP contribution in [0.1, 0.15) is 37.9 Å². The minimum absolute atomic E-state index is 0.320. The molecule has 0 amide bonds. The average Bonchev–Trinajstić information content (AvgIpc) is 3.03.